The van der Waals surface area contributed by atoms with E-state index in [1.807, 2.05) is 13.8 Å². The quantitative estimate of drug-likeness (QED) is 0.820. The van der Waals surface area contributed by atoms with Crippen molar-refractivity contribution < 1.29 is 5.11 Å². The van der Waals surface area contributed by atoms with E-state index in [9.17, 15) is 5.11 Å². The van der Waals surface area contributed by atoms with Crippen LogP contribution in [0.2, 0.25) is 5.02 Å². The highest BCUT2D eigenvalue weighted by atomic mass is 35.5. The SMILES string of the molecule is CC(C)C(N)C(O)c1cc(Cl)cs1. The third kappa shape index (κ3) is 2.68. The Bertz CT molecular complexity index is 274. The highest BCUT2D eigenvalue weighted by molar-refractivity contribution is 7.10. The Hall–Kier alpha value is -0.0900. The summed E-state index contributed by atoms with van der Waals surface area (Å²) >= 11 is 7.19. The number of nitrogens with two attached hydrogens (primary N) is 1. The summed E-state index contributed by atoms with van der Waals surface area (Å²) in [5.41, 5.74) is 5.81. The molecule has 1 aromatic heterocycles. The second kappa shape index (κ2) is 4.42. The van der Waals surface area contributed by atoms with Gasteiger partial charge in [0.2, 0.25) is 0 Å². The van der Waals surface area contributed by atoms with Gasteiger partial charge in [0, 0.05) is 16.3 Å². The van der Waals surface area contributed by atoms with Crippen molar-refractivity contribution in [3.63, 3.8) is 0 Å². The van der Waals surface area contributed by atoms with Gasteiger partial charge in [0.05, 0.1) is 5.02 Å². The Morgan fingerprint density at radius 1 is 1.54 bits per heavy atom. The highest BCUT2D eigenvalue weighted by Gasteiger charge is 2.21. The van der Waals surface area contributed by atoms with Crippen molar-refractivity contribution in [3.8, 4) is 0 Å². The Kier molecular flexibility index (Phi) is 3.74. The van der Waals surface area contributed by atoms with Crippen LogP contribution in [0.1, 0.15) is 24.8 Å². The lowest BCUT2D eigenvalue weighted by molar-refractivity contribution is 0.129. The lowest BCUT2D eigenvalue weighted by Crippen LogP contribution is -2.33. The van der Waals surface area contributed by atoms with Crippen molar-refractivity contribution in [3.05, 3.63) is 21.3 Å². The number of halogens is 1. The van der Waals surface area contributed by atoms with Crippen LogP contribution >= 0.6 is 22.9 Å². The van der Waals surface area contributed by atoms with Crippen molar-refractivity contribution in [2.24, 2.45) is 11.7 Å². The van der Waals surface area contributed by atoms with Gasteiger partial charge in [-0.15, -0.1) is 11.3 Å². The zero-order chi connectivity index (χ0) is 10.0. The fourth-order valence-corrected chi connectivity index (χ4v) is 2.16. The van der Waals surface area contributed by atoms with Crippen molar-refractivity contribution in [2.45, 2.75) is 26.0 Å². The number of hydrogen-bond donors (Lipinski definition) is 2. The van der Waals surface area contributed by atoms with Crippen molar-refractivity contribution in [1.29, 1.82) is 0 Å². The van der Waals surface area contributed by atoms with Gasteiger partial charge in [0.15, 0.2) is 0 Å². The fourth-order valence-electron chi connectivity index (χ4n) is 1.04. The number of thiophene rings is 1. The third-order valence-electron chi connectivity index (χ3n) is 2.01. The largest absolute Gasteiger partial charge is 0.386 e. The van der Waals surface area contributed by atoms with Gasteiger partial charge in [-0.3, -0.25) is 0 Å². The van der Waals surface area contributed by atoms with Gasteiger partial charge >= 0.3 is 0 Å². The fraction of sp³-hybridized carbons (Fsp3) is 0.556. The molecular weight excluding hydrogens is 206 g/mol. The van der Waals surface area contributed by atoms with Crippen LogP contribution < -0.4 is 5.73 Å². The zero-order valence-electron chi connectivity index (χ0n) is 7.70. The molecule has 2 atom stereocenters. The van der Waals surface area contributed by atoms with E-state index in [-0.39, 0.29) is 12.0 Å². The lowest BCUT2D eigenvalue weighted by atomic mass is 9.99. The first-order valence-corrected chi connectivity index (χ1v) is 5.45. The molecule has 1 aromatic rings. The van der Waals surface area contributed by atoms with Gasteiger partial charge in [-0.05, 0) is 12.0 Å². The van der Waals surface area contributed by atoms with E-state index in [1.165, 1.54) is 11.3 Å². The molecule has 3 N–H and O–H groups in total. The first-order chi connectivity index (χ1) is 6.02. The second-order valence-corrected chi connectivity index (χ2v) is 4.81. The normalized spacial score (nSPS) is 16.2. The average Bonchev–Trinajstić information content (AvgIpc) is 2.49. The molecular formula is C9H14ClNOS. The van der Waals surface area contributed by atoms with Gasteiger partial charge in [0.25, 0.3) is 0 Å². The minimum absolute atomic E-state index is 0.227. The smallest absolute Gasteiger partial charge is 0.103 e. The average molecular weight is 220 g/mol. The molecule has 0 spiro atoms. The van der Waals surface area contributed by atoms with Crippen LogP contribution in [0.3, 0.4) is 0 Å². The standard InChI is InChI=1S/C9H14ClNOS/c1-5(2)8(11)9(12)7-3-6(10)4-13-7/h3-5,8-9,12H,11H2,1-2H3. The molecule has 0 aliphatic carbocycles. The van der Waals surface area contributed by atoms with Crippen molar-refractivity contribution >= 4 is 22.9 Å². The van der Waals surface area contributed by atoms with Gasteiger partial charge in [-0.1, -0.05) is 25.4 Å². The number of hydrogen-bond acceptors (Lipinski definition) is 3. The summed E-state index contributed by atoms with van der Waals surface area (Å²) in [5, 5.41) is 12.3. The number of aliphatic hydroxyl groups excluding tert-OH is 1. The van der Waals surface area contributed by atoms with E-state index in [2.05, 4.69) is 0 Å². The second-order valence-electron chi connectivity index (χ2n) is 3.43. The summed E-state index contributed by atoms with van der Waals surface area (Å²) in [6.45, 7) is 3.98. The van der Waals surface area contributed by atoms with Gasteiger partial charge in [0.1, 0.15) is 6.10 Å². The molecule has 0 amide bonds. The van der Waals surface area contributed by atoms with E-state index in [4.69, 9.17) is 17.3 Å². The molecule has 0 radical (unpaired) electrons. The first-order valence-electron chi connectivity index (χ1n) is 4.20. The third-order valence-corrected chi connectivity index (χ3v) is 3.36. The van der Waals surface area contributed by atoms with Crippen LogP contribution in [0.4, 0.5) is 0 Å². The number of rotatable bonds is 3. The topological polar surface area (TPSA) is 46.2 Å². The van der Waals surface area contributed by atoms with Crippen LogP contribution in [0.15, 0.2) is 11.4 Å². The van der Waals surface area contributed by atoms with E-state index >= 15 is 0 Å². The summed E-state index contributed by atoms with van der Waals surface area (Å²) in [7, 11) is 0. The Morgan fingerprint density at radius 2 is 2.15 bits per heavy atom. The molecule has 1 heterocycles. The summed E-state index contributed by atoms with van der Waals surface area (Å²) < 4.78 is 0. The van der Waals surface area contributed by atoms with Crippen LogP contribution in [-0.2, 0) is 0 Å². The predicted molar refractivity (Wildman–Crippen MR) is 57.1 cm³/mol. The minimum Gasteiger partial charge on any atom is -0.386 e. The predicted octanol–water partition coefficient (Wildman–Crippen LogP) is 2.42. The van der Waals surface area contributed by atoms with Gasteiger partial charge in [-0.25, -0.2) is 0 Å². The molecule has 2 nitrogen and oxygen atoms in total. The van der Waals surface area contributed by atoms with E-state index in [0.717, 1.165) is 4.88 Å². The Labute approximate surface area is 87.3 Å². The van der Waals surface area contributed by atoms with Crippen LogP contribution in [0.25, 0.3) is 0 Å². The maximum Gasteiger partial charge on any atom is 0.103 e. The molecule has 0 aliphatic heterocycles. The molecule has 1 rings (SSSR count). The zero-order valence-corrected chi connectivity index (χ0v) is 9.27. The number of aliphatic hydroxyl groups is 1. The lowest BCUT2D eigenvalue weighted by Gasteiger charge is -2.20. The molecule has 4 heteroatoms. The van der Waals surface area contributed by atoms with Crippen LogP contribution in [0, 0.1) is 5.92 Å². The van der Waals surface area contributed by atoms with Gasteiger partial charge in [-0.2, -0.15) is 0 Å². The molecule has 0 aliphatic rings. The minimum atomic E-state index is -0.600. The maximum atomic E-state index is 9.80. The van der Waals surface area contributed by atoms with Crippen LogP contribution in [-0.4, -0.2) is 11.1 Å². The first kappa shape index (κ1) is 11.0. The van der Waals surface area contributed by atoms with Crippen molar-refractivity contribution in [1.82, 2.24) is 0 Å². The Morgan fingerprint density at radius 3 is 2.54 bits per heavy atom. The molecule has 13 heavy (non-hydrogen) atoms. The molecule has 74 valence electrons. The molecule has 0 bridgehead atoms. The van der Waals surface area contributed by atoms with E-state index < -0.39 is 6.10 Å². The summed E-state index contributed by atoms with van der Waals surface area (Å²) in [6.07, 6.45) is -0.600. The molecule has 0 fully saturated rings. The monoisotopic (exact) mass is 219 g/mol. The highest BCUT2D eigenvalue weighted by Crippen LogP contribution is 2.28. The summed E-state index contributed by atoms with van der Waals surface area (Å²) in [4.78, 5) is 0.839. The summed E-state index contributed by atoms with van der Waals surface area (Å²) in [6, 6.07) is 1.54. The van der Waals surface area contributed by atoms with Crippen LogP contribution in [0.5, 0.6) is 0 Å². The molecule has 0 aromatic carbocycles. The van der Waals surface area contributed by atoms with Gasteiger partial charge < -0.3 is 10.8 Å². The van der Waals surface area contributed by atoms with Crippen molar-refractivity contribution in [2.75, 3.05) is 0 Å². The van der Waals surface area contributed by atoms with E-state index in [0.29, 0.717) is 5.02 Å². The summed E-state index contributed by atoms with van der Waals surface area (Å²) in [5.74, 6) is 0.260. The Balaban J connectivity index is 2.73. The molecule has 0 saturated carbocycles. The maximum absolute atomic E-state index is 9.80. The van der Waals surface area contributed by atoms with E-state index in [1.54, 1.807) is 11.4 Å². The molecule has 2 unspecified atom stereocenters. The molecule has 0 saturated heterocycles.